The Morgan fingerprint density at radius 3 is 1.76 bits per heavy atom. The first-order valence-corrected chi connectivity index (χ1v) is 11.4. The molecule has 0 heterocycles. The molecule has 148 valence electrons. The summed E-state index contributed by atoms with van der Waals surface area (Å²) in [6.45, 7) is 12.2. The first-order valence-electron chi connectivity index (χ1n) is 10.3. The number of hydrogen-bond acceptors (Lipinski definition) is 4. The predicted octanol–water partition coefficient (Wildman–Crippen LogP) is 6.81. The SMILES string of the molecule is CCCCCCCCCCCOP(OCCC#N)N(C(C)C)C(C)C. The van der Waals surface area contributed by atoms with Gasteiger partial charge in [-0.3, -0.25) is 0 Å². The van der Waals surface area contributed by atoms with E-state index < -0.39 is 8.53 Å². The van der Waals surface area contributed by atoms with Crippen molar-refractivity contribution in [3.8, 4) is 6.07 Å². The zero-order chi connectivity index (χ0) is 18.9. The molecule has 0 rings (SSSR count). The molecular formula is C20H41N2O2P. The third kappa shape index (κ3) is 13.6. The third-order valence-electron chi connectivity index (χ3n) is 4.11. The molecule has 0 aliphatic heterocycles. The second kappa shape index (κ2) is 17.2. The lowest BCUT2D eigenvalue weighted by Crippen LogP contribution is -2.33. The zero-order valence-corrected chi connectivity index (χ0v) is 18.2. The molecule has 25 heavy (non-hydrogen) atoms. The molecule has 0 saturated carbocycles. The highest BCUT2D eigenvalue weighted by molar-refractivity contribution is 7.44. The van der Waals surface area contributed by atoms with E-state index >= 15 is 0 Å². The van der Waals surface area contributed by atoms with Crippen molar-refractivity contribution in [1.82, 2.24) is 4.67 Å². The number of hydrogen-bond donors (Lipinski definition) is 0. The first-order chi connectivity index (χ1) is 12.0. The topological polar surface area (TPSA) is 45.5 Å². The maximum absolute atomic E-state index is 8.72. The fraction of sp³-hybridized carbons (Fsp3) is 0.950. The summed E-state index contributed by atoms with van der Waals surface area (Å²) in [7, 11) is -1.07. The lowest BCUT2D eigenvalue weighted by molar-refractivity contribution is 0.174. The van der Waals surface area contributed by atoms with Crippen molar-refractivity contribution in [2.45, 2.75) is 111 Å². The quantitative estimate of drug-likeness (QED) is 0.208. The summed E-state index contributed by atoms with van der Waals surface area (Å²) < 4.78 is 14.3. The van der Waals surface area contributed by atoms with E-state index in [0.29, 0.717) is 25.1 Å². The Labute approximate surface area is 158 Å². The van der Waals surface area contributed by atoms with Gasteiger partial charge in [-0.25, -0.2) is 4.67 Å². The summed E-state index contributed by atoms with van der Waals surface area (Å²) >= 11 is 0. The van der Waals surface area contributed by atoms with E-state index in [-0.39, 0.29) is 0 Å². The molecule has 1 atom stereocenters. The molecule has 0 aromatic heterocycles. The van der Waals surface area contributed by atoms with Crippen LogP contribution in [0.25, 0.3) is 0 Å². The minimum absolute atomic E-state index is 0.372. The average molecular weight is 373 g/mol. The zero-order valence-electron chi connectivity index (χ0n) is 17.3. The van der Waals surface area contributed by atoms with Crippen LogP contribution in [0.2, 0.25) is 0 Å². The van der Waals surface area contributed by atoms with Gasteiger partial charge in [0, 0.05) is 12.1 Å². The molecule has 0 radical (unpaired) electrons. The van der Waals surface area contributed by atoms with Crippen LogP contribution in [0.4, 0.5) is 0 Å². The van der Waals surface area contributed by atoms with Crippen molar-refractivity contribution < 1.29 is 9.05 Å². The molecule has 0 fully saturated rings. The highest BCUT2D eigenvalue weighted by atomic mass is 31.2. The summed E-state index contributed by atoms with van der Waals surface area (Å²) in [5.74, 6) is 0. The number of rotatable bonds is 17. The van der Waals surface area contributed by atoms with E-state index in [1.165, 1.54) is 51.4 Å². The number of unbranched alkanes of at least 4 members (excludes halogenated alkanes) is 8. The first kappa shape index (κ1) is 24.8. The van der Waals surface area contributed by atoms with Gasteiger partial charge in [0.2, 0.25) is 0 Å². The Bertz CT molecular complexity index is 324. The molecule has 0 aromatic carbocycles. The van der Waals surface area contributed by atoms with Crippen molar-refractivity contribution in [2.75, 3.05) is 13.2 Å². The summed E-state index contributed by atoms with van der Waals surface area (Å²) in [5, 5.41) is 8.72. The smallest absolute Gasteiger partial charge is 0.259 e. The standard InChI is InChI=1S/C20H41N2O2P/c1-6-7-8-9-10-11-12-13-14-17-23-25(24-18-15-16-21)22(19(2)3)20(4)5/h19-20H,6-15,17-18H2,1-5H3. The van der Waals surface area contributed by atoms with Crippen molar-refractivity contribution in [2.24, 2.45) is 0 Å². The molecule has 0 spiro atoms. The number of nitrogens with zero attached hydrogens (tertiary/aromatic N) is 2. The van der Waals surface area contributed by atoms with Gasteiger partial charge >= 0.3 is 0 Å². The molecule has 0 amide bonds. The van der Waals surface area contributed by atoms with Crippen LogP contribution in [0, 0.1) is 11.3 Å². The molecule has 5 heteroatoms. The largest absolute Gasteiger partial charge is 0.322 e. The van der Waals surface area contributed by atoms with E-state index in [4.69, 9.17) is 14.3 Å². The van der Waals surface area contributed by atoms with E-state index in [1.807, 2.05) is 0 Å². The van der Waals surface area contributed by atoms with Crippen LogP contribution >= 0.6 is 8.53 Å². The fourth-order valence-electron chi connectivity index (χ4n) is 2.87. The second-order valence-electron chi connectivity index (χ2n) is 7.21. The molecule has 0 aliphatic rings. The monoisotopic (exact) mass is 372 g/mol. The minimum atomic E-state index is -1.07. The maximum atomic E-state index is 8.72. The molecule has 0 aromatic rings. The van der Waals surface area contributed by atoms with Crippen LogP contribution in [0.5, 0.6) is 0 Å². The molecule has 0 bridgehead atoms. The maximum Gasteiger partial charge on any atom is 0.259 e. The Morgan fingerprint density at radius 1 is 0.800 bits per heavy atom. The van der Waals surface area contributed by atoms with Gasteiger partial charge in [-0.2, -0.15) is 5.26 Å². The summed E-state index contributed by atoms with van der Waals surface area (Å²) in [5.41, 5.74) is 0. The van der Waals surface area contributed by atoms with E-state index in [0.717, 1.165) is 13.0 Å². The summed E-state index contributed by atoms with van der Waals surface area (Å²) in [6.07, 6.45) is 12.3. The van der Waals surface area contributed by atoms with E-state index in [9.17, 15) is 0 Å². The van der Waals surface area contributed by atoms with Crippen LogP contribution in [0.3, 0.4) is 0 Å². The van der Waals surface area contributed by atoms with Crippen LogP contribution in [-0.4, -0.2) is 30.0 Å². The van der Waals surface area contributed by atoms with E-state index in [2.05, 4.69) is 45.4 Å². The highest BCUT2D eigenvalue weighted by Crippen LogP contribution is 2.46. The average Bonchev–Trinajstić information content (AvgIpc) is 2.55. The van der Waals surface area contributed by atoms with Crippen LogP contribution in [-0.2, 0) is 9.05 Å². The predicted molar refractivity (Wildman–Crippen MR) is 108 cm³/mol. The minimum Gasteiger partial charge on any atom is -0.322 e. The van der Waals surface area contributed by atoms with Gasteiger partial charge in [-0.15, -0.1) is 0 Å². The Morgan fingerprint density at radius 2 is 1.28 bits per heavy atom. The van der Waals surface area contributed by atoms with Gasteiger partial charge in [-0.05, 0) is 34.1 Å². The van der Waals surface area contributed by atoms with Gasteiger partial charge in [0.15, 0.2) is 0 Å². The van der Waals surface area contributed by atoms with Crippen molar-refractivity contribution in [1.29, 1.82) is 5.26 Å². The van der Waals surface area contributed by atoms with Gasteiger partial charge in [-0.1, -0.05) is 58.3 Å². The molecular weight excluding hydrogens is 331 g/mol. The lowest BCUT2D eigenvalue weighted by atomic mass is 10.1. The Balaban J connectivity index is 3.99. The van der Waals surface area contributed by atoms with Crippen LogP contribution in [0.15, 0.2) is 0 Å². The normalized spacial score (nSPS) is 12.9. The van der Waals surface area contributed by atoms with E-state index in [1.54, 1.807) is 0 Å². The van der Waals surface area contributed by atoms with Gasteiger partial charge in [0.1, 0.15) is 0 Å². The molecule has 0 saturated heterocycles. The summed E-state index contributed by atoms with van der Waals surface area (Å²) in [6, 6.07) is 2.88. The molecule has 0 N–H and O–H groups in total. The summed E-state index contributed by atoms with van der Waals surface area (Å²) in [4.78, 5) is 0. The highest BCUT2D eigenvalue weighted by Gasteiger charge is 2.26. The van der Waals surface area contributed by atoms with Gasteiger partial charge < -0.3 is 9.05 Å². The van der Waals surface area contributed by atoms with Gasteiger partial charge in [0.25, 0.3) is 8.53 Å². The van der Waals surface area contributed by atoms with Crippen molar-refractivity contribution in [3.63, 3.8) is 0 Å². The molecule has 4 nitrogen and oxygen atoms in total. The fourth-order valence-corrected chi connectivity index (χ4v) is 4.50. The Kier molecular flexibility index (Phi) is 17.1. The van der Waals surface area contributed by atoms with Crippen LogP contribution in [0.1, 0.15) is 98.8 Å². The van der Waals surface area contributed by atoms with Gasteiger partial charge in [0.05, 0.1) is 25.7 Å². The molecule has 0 aliphatic carbocycles. The van der Waals surface area contributed by atoms with Crippen molar-refractivity contribution >= 4 is 8.53 Å². The molecule has 1 unspecified atom stereocenters. The lowest BCUT2D eigenvalue weighted by Gasteiger charge is -2.35. The van der Waals surface area contributed by atoms with Crippen LogP contribution < -0.4 is 0 Å². The Hall–Kier alpha value is -0.200. The van der Waals surface area contributed by atoms with Crippen molar-refractivity contribution in [3.05, 3.63) is 0 Å². The second-order valence-corrected chi connectivity index (χ2v) is 8.66. The number of nitriles is 1. The third-order valence-corrected chi connectivity index (χ3v) is 6.22.